The third kappa shape index (κ3) is 8.31. The predicted molar refractivity (Wildman–Crippen MR) is 96.6 cm³/mol. The number of alkyl carbamates (subject to hydrolysis) is 1. The third-order valence-electron chi connectivity index (χ3n) is 3.57. The number of esters is 1. The highest BCUT2D eigenvalue weighted by molar-refractivity contribution is 5.81. The van der Waals surface area contributed by atoms with Gasteiger partial charge in [-0.2, -0.15) is 0 Å². The summed E-state index contributed by atoms with van der Waals surface area (Å²) in [5.41, 5.74) is 0.318. The first kappa shape index (κ1) is 21.9. The molecule has 0 heterocycles. The van der Waals surface area contributed by atoms with Crippen molar-refractivity contribution in [1.82, 2.24) is 5.32 Å². The molecule has 0 saturated heterocycles. The first-order chi connectivity index (χ1) is 12.1. The topological polar surface area (TPSA) is 105 Å². The van der Waals surface area contributed by atoms with Gasteiger partial charge in [0.2, 0.25) is 0 Å². The van der Waals surface area contributed by atoms with Gasteiger partial charge in [-0.25, -0.2) is 9.59 Å². The van der Waals surface area contributed by atoms with Crippen molar-refractivity contribution in [2.45, 2.75) is 64.4 Å². The molecule has 0 spiro atoms. The Labute approximate surface area is 154 Å². The molecule has 0 aliphatic carbocycles. The lowest BCUT2D eigenvalue weighted by atomic mass is 10.1. The van der Waals surface area contributed by atoms with Crippen molar-refractivity contribution in [3.63, 3.8) is 0 Å². The lowest BCUT2D eigenvalue weighted by molar-refractivity contribution is -0.157. The van der Waals surface area contributed by atoms with Crippen molar-refractivity contribution < 1.29 is 29.3 Å². The molecule has 26 heavy (non-hydrogen) atoms. The van der Waals surface area contributed by atoms with Gasteiger partial charge in [-0.3, -0.25) is 0 Å². The highest BCUT2D eigenvalue weighted by Gasteiger charge is 2.28. The number of aliphatic hydroxyl groups is 2. The van der Waals surface area contributed by atoms with Gasteiger partial charge >= 0.3 is 12.1 Å². The van der Waals surface area contributed by atoms with Crippen LogP contribution in [-0.4, -0.2) is 52.7 Å². The summed E-state index contributed by atoms with van der Waals surface area (Å²) in [6.45, 7) is 6.12. The molecule has 0 bridgehead atoms. The summed E-state index contributed by atoms with van der Waals surface area (Å²) >= 11 is 0. The molecule has 0 aliphatic rings. The zero-order chi connectivity index (χ0) is 19.7. The van der Waals surface area contributed by atoms with E-state index in [9.17, 15) is 14.7 Å². The minimum Gasteiger partial charge on any atom is -0.458 e. The van der Waals surface area contributed by atoms with Gasteiger partial charge in [0, 0.05) is 0 Å². The second-order valence-electron chi connectivity index (χ2n) is 7.12. The highest BCUT2D eigenvalue weighted by Crippen LogP contribution is 2.11. The summed E-state index contributed by atoms with van der Waals surface area (Å²) in [6.07, 6.45) is -1.94. The Morgan fingerprint density at radius 2 is 1.81 bits per heavy atom. The van der Waals surface area contributed by atoms with Gasteiger partial charge in [0.25, 0.3) is 0 Å². The Morgan fingerprint density at radius 3 is 2.35 bits per heavy atom. The van der Waals surface area contributed by atoms with Crippen LogP contribution in [-0.2, 0) is 20.7 Å². The maximum absolute atomic E-state index is 12.4. The van der Waals surface area contributed by atoms with Crippen LogP contribution in [0.5, 0.6) is 0 Å². The van der Waals surface area contributed by atoms with E-state index in [0.29, 0.717) is 12.8 Å². The Bertz CT molecular complexity index is 569. The fourth-order valence-electron chi connectivity index (χ4n) is 2.15. The monoisotopic (exact) mass is 367 g/mol. The van der Waals surface area contributed by atoms with Crippen LogP contribution in [0, 0.1) is 0 Å². The normalized spacial score (nSPS) is 14.8. The first-order valence-corrected chi connectivity index (χ1v) is 8.65. The van der Waals surface area contributed by atoms with E-state index in [1.807, 2.05) is 30.3 Å². The van der Waals surface area contributed by atoms with E-state index in [1.54, 1.807) is 20.8 Å². The van der Waals surface area contributed by atoms with Crippen LogP contribution in [0.15, 0.2) is 30.3 Å². The van der Waals surface area contributed by atoms with Crippen LogP contribution in [0.25, 0.3) is 0 Å². The standard InChI is InChI=1S/C19H29NO6/c1-13(16(22)12-21)25-17(23)15(20-18(24)26-19(2,3)4)11-10-14-8-6-5-7-9-14/h5-9,13,15-16,21-22H,10-12H2,1-4H3,(H,20,24)/t13-,15-,16+/m0/s1. The minimum absolute atomic E-state index is 0.310. The summed E-state index contributed by atoms with van der Waals surface area (Å²) in [6, 6.07) is 8.60. The molecule has 0 aliphatic heterocycles. The van der Waals surface area contributed by atoms with Crippen molar-refractivity contribution in [2.24, 2.45) is 0 Å². The summed E-state index contributed by atoms with van der Waals surface area (Å²) in [4.78, 5) is 24.4. The molecule has 3 atom stereocenters. The molecule has 146 valence electrons. The predicted octanol–water partition coefficient (Wildman–Crippen LogP) is 1.80. The van der Waals surface area contributed by atoms with Crippen molar-refractivity contribution in [2.75, 3.05) is 6.61 Å². The van der Waals surface area contributed by atoms with Crippen LogP contribution in [0.4, 0.5) is 4.79 Å². The van der Waals surface area contributed by atoms with Gasteiger partial charge in [-0.1, -0.05) is 30.3 Å². The molecule has 1 aromatic carbocycles. The van der Waals surface area contributed by atoms with E-state index in [4.69, 9.17) is 14.6 Å². The highest BCUT2D eigenvalue weighted by atomic mass is 16.6. The Balaban J connectivity index is 2.76. The van der Waals surface area contributed by atoms with Crippen LogP contribution in [0.3, 0.4) is 0 Å². The fraction of sp³-hybridized carbons (Fsp3) is 0.579. The molecular formula is C19H29NO6. The second kappa shape index (κ2) is 10.1. The van der Waals surface area contributed by atoms with E-state index in [-0.39, 0.29) is 0 Å². The number of nitrogens with one attached hydrogen (secondary N) is 1. The molecule has 0 unspecified atom stereocenters. The molecule has 3 N–H and O–H groups in total. The Hall–Kier alpha value is -2.12. The number of hydrogen-bond acceptors (Lipinski definition) is 6. The van der Waals surface area contributed by atoms with Crippen molar-refractivity contribution in [1.29, 1.82) is 0 Å². The number of aryl methyl sites for hydroxylation is 1. The number of carbonyl (C=O) groups excluding carboxylic acids is 2. The van der Waals surface area contributed by atoms with Crippen molar-refractivity contribution in [3.8, 4) is 0 Å². The molecule has 0 aromatic heterocycles. The largest absolute Gasteiger partial charge is 0.458 e. The quantitative estimate of drug-likeness (QED) is 0.605. The van der Waals surface area contributed by atoms with E-state index in [0.717, 1.165) is 5.56 Å². The zero-order valence-electron chi connectivity index (χ0n) is 15.8. The Morgan fingerprint density at radius 1 is 1.19 bits per heavy atom. The zero-order valence-corrected chi connectivity index (χ0v) is 15.8. The van der Waals surface area contributed by atoms with Gasteiger partial charge in [0.05, 0.1) is 6.61 Å². The maximum atomic E-state index is 12.4. The van der Waals surface area contributed by atoms with Crippen LogP contribution in [0.2, 0.25) is 0 Å². The summed E-state index contributed by atoms with van der Waals surface area (Å²) < 4.78 is 10.4. The molecule has 0 fully saturated rings. The molecule has 1 amide bonds. The third-order valence-corrected chi connectivity index (χ3v) is 3.57. The molecule has 1 aromatic rings. The van der Waals surface area contributed by atoms with Crippen molar-refractivity contribution in [3.05, 3.63) is 35.9 Å². The van der Waals surface area contributed by atoms with Gasteiger partial charge in [0.1, 0.15) is 23.9 Å². The average molecular weight is 367 g/mol. The van der Waals surface area contributed by atoms with E-state index < -0.39 is 42.5 Å². The molecule has 0 radical (unpaired) electrons. The number of aliphatic hydroxyl groups excluding tert-OH is 2. The fourth-order valence-corrected chi connectivity index (χ4v) is 2.15. The molecular weight excluding hydrogens is 338 g/mol. The van der Waals surface area contributed by atoms with Gasteiger partial charge in [-0.05, 0) is 46.1 Å². The lowest BCUT2D eigenvalue weighted by Gasteiger charge is -2.25. The van der Waals surface area contributed by atoms with Crippen LogP contribution < -0.4 is 5.32 Å². The molecule has 0 saturated carbocycles. The summed E-state index contributed by atoms with van der Waals surface area (Å²) in [5.74, 6) is -0.688. The second-order valence-corrected chi connectivity index (χ2v) is 7.12. The number of amides is 1. The SMILES string of the molecule is C[C@H](OC(=O)[C@H](CCc1ccccc1)NC(=O)OC(C)(C)C)[C@H](O)CO. The van der Waals surface area contributed by atoms with E-state index in [2.05, 4.69) is 5.32 Å². The number of benzene rings is 1. The van der Waals surface area contributed by atoms with Crippen LogP contribution in [0.1, 0.15) is 39.7 Å². The average Bonchev–Trinajstić information content (AvgIpc) is 2.56. The Kier molecular flexibility index (Phi) is 8.54. The van der Waals surface area contributed by atoms with E-state index >= 15 is 0 Å². The minimum atomic E-state index is -1.18. The van der Waals surface area contributed by atoms with Gasteiger partial charge in [-0.15, -0.1) is 0 Å². The lowest BCUT2D eigenvalue weighted by Crippen LogP contribution is -2.46. The summed E-state index contributed by atoms with van der Waals surface area (Å²) in [7, 11) is 0. The number of carbonyl (C=O) groups is 2. The van der Waals surface area contributed by atoms with Crippen LogP contribution >= 0.6 is 0 Å². The number of hydrogen-bond donors (Lipinski definition) is 3. The molecule has 1 rings (SSSR count). The molecule has 7 heteroatoms. The van der Waals surface area contributed by atoms with E-state index in [1.165, 1.54) is 6.92 Å². The van der Waals surface area contributed by atoms with Gasteiger partial charge < -0.3 is 25.0 Å². The number of rotatable bonds is 8. The maximum Gasteiger partial charge on any atom is 0.408 e. The first-order valence-electron chi connectivity index (χ1n) is 8.65. The van der Waals surface area contributed by atoms with Gasteiger partial charge in [0.15, 0.2) is 0 Å². The van der Waals surface area contributed by atoms with Crippen molar-refractivity contribution >= 4 is 12.1 Å². The smallest absolute Gasteiger partial charge is 0.408 e. The molecule has 7 nitrogen and oxygen atoms in total. The summed E-state index contributed by atoms with van der Waals surface area (Å²) in [5, 5.41) is 21.0. The number of ether oxygens (including phenoxy) is 2.